The third-order valence-corrected chi connectivity index (χ3v) is 5.94. The van der Waals surface area contributed by atoms with E-state index in [0.717, 1.165) is 32.5 Å². The van der Waals surface area contributed by atoms with E-state index in [1.165, 1.54) is 23.5 Å². The molecule has 3 N–H and O–H groups in total. The van der Waals surface area contributed by atoms with E-state index < -0.39 is 17.6 Å². The predicted molar refractivity (Wildman–Crippen MR) is 139 cm³/mol. The Kier molecular flexibility index (Phi) is 15.6. The molecule has 1 aliphatic rings. The molecular weight excluding hydrogens is 426 g/mol. The van der Waals surface area contributed by atoms with Gasteiger partial charge in [-0.2, -0.15) is 0 Å². The molecule has 2 rings (SSSR count). The zero-order chi connectivity index (χ0) is 24.7. The highest BCUT2D eigenvalue weighted by Crippen LogP contribution is 2.38. The number of piperidine rings is 1. The van der Waals surface area contributed by atoms with Gasteiger partial charge >= 0.3 is 0 Å². The van der Waals surface area contributed by atoms with Crippen LogP contribution >= 0.6 is 11.3 Å². The maximum absolute atomic E-state index is 14.0. The Bertz CT molecular complexity index is 747. The van der Waals surface area contributed by atoms with Crippen LogP contribution in [0.1, 0.15) is 65.7 Å². The number of nitrogens with zero attached hydrogens (tertiary/aromatic N) is 2. The van der Waals surface area contributed by atoms with E-state index in [1.54, 1.807) is 6.08 Å². The molecule has 32 heavy (non-hydrogen) atoms. The van der Waals surface area contributed by atoms with Crippen molar-refractivity contribution in [3.05, 3.63) is 47.9 Å². The first-order chi connectivity index (χ1) is 15.3. The molecule has 0 bridgehead atoms. The molecule has 182 valence electrons. The molecule has 1 aromatic heterocycles. The number of nitrogens with one attached hydrogen (secondary N) is 1. The topological polar surface area (TPSA) is 54.2 Å². The molecule has 1 aromatic rings. The average molecular weight is 469 g/mol. The molecule has 0 radical (unpaired) electrons. The summed E-state index contributed by atoms with van der Waals surface area (Å²) in [5.41, 5.74) is 6.41. The first-order valence-electron chi connectivity index (χ1n) is 11.7. The van der Waals surface area contributed by atoms with Gasteiger partial charge in [0.2, 0.25) is 0 Å². The van der Waals surface area contributed by atoms with Crippen LogP contribution in [0.2, 0.25) is 0 Å². The molecule has 1 aliphatic heterocycles. The quantitative estimate of drug-likeness (QED) is 0.366. The second-order valence-electron chi connectivity index (χ2n) is 6.90. The van der Waals surface area contributed by atoms with Crippen molar-refractivity contribution in [1.29, 1.82) is 0 Å². The number of nitrogen functional groups attached to an aromatic ring is 1. The van der Waals surface area contributed by atoms with Crippen LogP contribution < -0.4 is 11.1 Å². The Morgan fingerprint density at radius 3 is 2.31 bits per heavy atom. The van der Waals surface area contributed by atoms with Crippen molar-refractivity contribution >= 4 is 27.9 Å². The lowest BCUT2D eigenvalue weighted by Crippen LogP contribution is -2.38. The van der Waals surface area contributed by atoms with Gasteiger partial charge in [0.15, 0.2) is 5.13 Å². The molecule has 1 unspecified atom stereocenters. The molecule has 1 saturated heterocycles. The SMILES string of the molecule is C=C(F)C(C=C(F)/C=C\CC)C(=C)c1sc(NC2CCN(CC)CC2)nc1N.CC.CC. The number of thiazole rings is 1. The van der Waals surface area contributed by atoms with Crippen LogP contribution in [0.25, 0.3) is 5.57 Å². The molecule has 4 nitrogen and oxygen atoms in total. The van der Waals surface area contributed by atoms with Gasteiger partial charge < -0.3 is 16.0 Å². The van der Waals surface area contributed by atoms with Crippen molar-refractivity contribution in [2.45, 2.75) is 66.8 Å². The van der Waals surface area contributed by atoms with Crippen molar-refractivity contribution < 1.29 is 8.78 Å². The third-order valence-electron chi connectivity index (χ3n) is 4.86. The van der Waals surface area contributed by atoms with E-state index in [-0.39, 0.29) is 5.82 Å². The number of rotatable bonds is 9. The molecule has 0 spiro atoms. The van der Waals surface area contributed by atoms with Crippen molar-refractivity contribution in [2.24, 2.45) is 5.92 Å². The Morgan fingerprint density at radius 1 is 1.22 bits per heavy atom. The summed E-state index contributed by atoms with van der Waals surface area (Å²) in [7, 11) is 0. The lowest BCUT2D eigenvalue weighted by molar-refractivity contribution is 0.229. The van der Waals surface area contributed by atoms with Gasteiger partial charge in [0.05, 0.1) is 10.8 Å². The summed E-state index contributed by atoms with van der Waals surface area (Å²) < 4.78 is 28.0. The number of halogens is 2. The second kappa shape index (κ2) is 16.6. The number of hydrogen-bond donors (Lipinski definition) is 2. The van der Waals surface area contributed by atoms with Crippen molar-refractivity contribution in [3.63, 3.8) is 0 Å². The standard InChI is InChI=1S/C21H30F2N4S.2C2H6/c1-5-7-8-16(23)13-18(15(4)22)14(3)19-20(24)26-21(28-19)25-17-9-11-27(6-2)12-10-17;2*1-2/h7-8,13,17-18H,3-6,9-12,24H2,1-2H3,(H,25,26);2*1-2H3/b8-7-,16-13?;;. The van der Waals surface area contributed by atoms with Crippen LogP contribution in [-0.2, 0) is 0 Å². The number of aromatic nitrogens is 1. The van der Waals surface area contributed by atoms with Crippen molar-refractivity contribution in [1.82, 2.24) is 9.88 Å². The lowest BCUT2D eigenvalue weighted by Gasteiger charge is -2.31. The summed E-state index contributed by atoms with van der Waals surface area (Å²) in [6.07, 6.45) is 6.91. The molecule has 0 aromatic carbocycles. The number of allylic oxidation sites excluding steroid dienone is 6. The fourth-order valence-electron chi connectivity index (χ4n) is 3.16. The second-order valence-corrected chi connectivity index (χ2v) is 7.90. The molecule has 0 saturated carbocycles. The highest BCUT2D eigenvalue weighted by atomic mass is 32.1. The van der Waals surface area contributed by atoms with E-state index in [9.17, 15) is 8.78 Å². The van der Waals surface area contributed by atoms with E-state index in [4.69, 9.17) is 5.73 Å². The zero-order valence-corrected chi connectivity index (χ0v) is 21.5. The van der Waals surface area contributed by atoms with Crippen LogP contribution in [-0.4, -0.2) is 35.6 Å². The van der Waals surface area contributed by atoms with Gasteiger partial charge in [-0.1, -0.05) is 72.1 Å². The molecule has 0 aliphatic carbocycles. The Morgan fingerprint density at radius 2 is 1.81 bits per heavy atom. The molecule has 7 heteroatoms. The average Bonchev–Trinajstić information content (AvgIpc) is 3.18. The molecular formula is C25H42F2N4S. The summed E-state index contributed by atoms with van der Waals surface area (Å²) >= 11 is 1.32. The number of likely N-dealkylation sites (tertiary alicyclic amines) is 1. The van der Waals surface area contributed by atoms with Gasteiger partial charge in [-0.3, -0.25) is 0 Å². The smallest absolute Gasteiger partial charge is 0.185 e. The molecule has 2 heterocycles. The number of hydrogen-bond acceptors (Lipinski definition) is 5. The predicted octanol–water partition coefficient (Wildman–Crippen LogP) is 7.61. The van der Waals surface area contributed by atoms with Gasteiger partial charge in [0.25, 0.3) is 0 Å². The van der Waals surface area contributed by atoms with Gasteiger partial charge in [0, 0.05) is 19.1 Å². The van der Waals surface area contributed by atoms with Gasteiger partial charge in [-0.15, -0.1) is 0 Å². The maximum atomic E-state index is 14.0. The van der Waals surface area contributed by atoms with Crippen LogP contribution in [0, 0.1) is 5.92 Å². The normalized spacial score (nSPS) is 15.9. The number of nitrogens with two attached hydrogens (primary N) is 1. The molecule has 0 amide bonds. The fourth-order valence-corrected chi connectivity index (χ4v) is 4.13. The highest BCUT2D eigenvalue weighted by molar-refractivity contribution is 7.17. The van der Waals surface area contributed by atoms with Crippen LogP contribution in [0.5, 0.6) is 0 Å². The summed E-state index contributed by atoms with van der Waals surface area (Å²) in [5.74, 6) is -1.92. The fraction of sp³-hybridized carbons (Fsp3) is 0.560. The zero-order valence-electron chi connectivity index (χ0n) is 20.7. The highest BCUT2D eigenvalue weighted by Gasteiger charge is 2.23. The largest absolute Gasteiger partial charge is 0.382 e. The van der Waals surface area contributed by atoms with Crippen LogP contribution in [0.15, 0.2) is 43.0 Å². The van der Waals surface area contributed by atoms with Gasteiger partial charge in [-0.25, -0.2) is 13.8 Å². The first kappa shape index (κ1) is 30.0. The first-order valence-corrected chi connectivity index (χ1v) is 12.5. The number of anilines is 2. The minimum atomic E-state index is -0.982. The summed E-state index contributed by atoms with van der Waals surface area (Å²) in [4.78, 5) is 7.33. The molecule has 1 fully saturated rings. The van der Waals surface area contributed by atoms with E-state index in [1.807, 2.05) is 34.6 Å². The molecule has 1 atom stereocenters. The van der Waals surface area contributed by atoms with Crippen LogP contribution in [0.4, 0.5) is 19.7 Å². The summed E-state index contributed by atoms with van der Waals surface area (Å²) in [6.45, 7) is 22.5. The summed E-state index contributed by atoms with van der Waals surface area (Å²) in [6, 6.07) is 0.331. The van der Waals surface area contributed by atoms with Crippen LogP contribution in [0.3, 0.4) is 0 Å². The van der Waals surface area contributed by atoms with Gasteiger partial charge in [-0.05, 0) is 43.5 Å². The van der Waals surface area contributed by atoms with E-state index in [2.05, 4.69) is 35.3 Å². The van der Waals surface area contributed by atoms with Crippen molar-refractivity contribution in [3.8, 4) is 0 Å². The summed E-state index contributed by atoms with van der Waals surface area (Å²) in [5, 5.41) is 4.10. The minimum absolute atomic E-state index is 0.271. The van der Waals surface area contributed by atoms with E-state index >= 15 is 0 Å². The lowest BCUT2D eigenvalue weighted by atomic mass is 9.97. The Balaban J connectivity index is 0.00000227. The minimum Gasteiger partial charge on any atom is -0.382 e. The van der Waals surface area contributed by atoms with Crippen molar-refractivity contribution in [2.75, 3.05) is 30.7 Å². The maximum Gasteiger partial charge on any atom is 0.185 e. The third kappa shape index (κ3) is 9.65. The Labute approximate surface area is 198 Å². The monoisotopic (exact) mass is 468 g/mol. The van der Waals surface area contributed by atoms with Gasteiger partial charge in [0.1, 0.15) is 17.5 Å². The van der Waals surface area contributed by atoms with E-state index in [0.29, 0.717) is 28.0 Å². The Hall–Kier alpha value is -1.99.